The molecule has 0 aliphatic heterocycles. The maximum Gasteiger partial charge on any atom is 0.238 e. The van der Waals surface area contributed by atoms with E-state index < -0.39 is 10.0 Å². The standard InChI is InChI=1S/C13H12N4O2S3/c1-8-13(9-2-4-10(5-3-9)22(14,18)19)21-11(16-8)6-12-17-15-7-20-12/h2-5,7H,6H2,1H3,(H2,14,18,19). The Morgan fingerprint density at radius 3 is 2.50 bits per heavy atom. The fourth-order valence-electron chi connectivity index (χ4n) is 1.99. The Hall–Kier alpha value is -1.68. The van der Waals surface area contributed by atoms with Gasteiger partial charge >= 0.3 is 0 Å². The SMILES string of the molecule is Cc1nc(Cc2nncs2)sc1-c1ccc(S(N)(=O)=O)cc1. The van der Waals surface area contributed by atoms with Crippen molar-refractivity contribution in [3.8, 4) is 10.4 Å². The van der Waals surface area contributed by atoms with Crippen molar-refractivity contribution in [2.75, 3.05) is 0 Å². The molecule has 9 heteroatoms. The molecule has 0 spiro atoms. The predicted octanol–water partition coefficient (Wildman–Crippen LogP) is 2.21. The first-order valence-corrected chi connectivity index (χ1v) is 9.52. The van der Waals surface area contributed by atoms with Crippen LogP contribution in [0.1, 0.15) is 15.7 Å². The van der Waals surface area contributed by atoms with Gasteiger partial charge in [-0.05, 0) is 24.6 Å². The van der Waals surface area contributed by atoms with Crippen molar-refractivity contribution in [1.82, 2.24) is 15.2 Å². The third kappa shape index (κ3) is 3.22. The van der Waals surface area contributed by atoms with Gasteiger partial charge in [-0.3, -0.25) is 0 Å². The summed E-state index contributed by atoms with van der Waals surface area (Å²) in [4.78, 5) is 5.67. The van der Waals surface area contributed by atoms with Crippen molar-refractivity contribution in [2.45, 2.75) is 18.2 Å². The van der Waals surface area contributed by atoms with E-state index in [9.17, 15) is 8.42 Å². The minimum absolute atomic E-state index is 0.104. The number of thiazole rings is 1. The maximum atomic E-state index is 11.3. The van der Waals surface area contributed by atoms with E-state index in [1.54, 1.807) is 29.0 Å². The fraction of sp³-hybridized carbons (Fsp3) is 0.154. The second-order valence-corrected chi connectivity index (χ2v) is 8.16. The smallest absolute Gasteiger partial charge is 0.238 e. The van der Waals surface area contributed by atoms with Crippen LogP contribution in [0.5, 0.6) is 0 Å². The molecule has 0 unspecified atom stereocenters. The minimum Gasteiger partial charge on any atom is -0.245 e. The molecule has 0 radical (unpaired) electrons. The Bertz CT molecular complexity index is 884. The zero-order chi connectivity index (χ0) is 15.7. The van der Waals surface area contributed by atoms with Crippen LogP contribution in [0.25, 0.3) is 10.4 Å². The first kappa shape index (κ1) is 15.2. The summed E-state index contributed by atoms with van der Waals surface area (Å²) in [5.74, 6) is 0. The lowest BCUT2D eigenvalue weighted by molar-refractivity contribution is 0.598. The van der Waals surface area contributed by atoms with Crippen LogP contribution in [0.4, 0.5) is 0 Å². The van der Waals surface area contributed by atoms with Crippen LogP contribution in [-0.2, 0) is 16.4 Å². The van der Waals surface area contributed by atoms with Gasteiger partial charge in [0.25, 0.3) is 0 Å². The van der Waals surface area contributed by atoms with Gasteiger partial charge in [0.2, 0.25) is 10.0 Å². The molecule has 0 amide bonds. The van der Waals surface area contributed by atoms with E-state index >= 15 is 0 Å². The topological polar surface area (TPSA) is 98.8 Å². The molecule has 0 fully saturated rings. The number of sulfonamides is 1. The largest absolute Gasteiger partial charge is 0.245 e. The van der Waals surface area contributed by atoms with Gasteiger partial charge in [0.15, 0.2) is 0 Å². The summed E-state index contributed by atoms with van der Waals surface area (Å²) in [6.07, 6.45) is 0.658. The van der Waals surface area contributed by atoms with Crippen LogP contribution in [0.2, 0.25) is 0 Å². The highest BCUT2D eigenvalue weighted by molar-refractivity contribution is 7.89. The van der Waals surface area contributed by atoms with E-state index in [1.807, 2.05) is 6.92 Å². The lowest BCUT2D eigenvalue weighted by Gasteiger charge is -2.01. The van der Waals surface area contributed by atoms with Crippen LogP contribution < -0.4 is 5.14 Å². The summed E-state index contributed by atoms with van der Waals surface area (Å²) in [6, 6.07) is 6.51. The summed E-state index contributed by atoms with van der Waals surface area (Å²) >= 11 is 3.07. The number of aromatic nitrogens is 3. The van der Waals surface area contributed by atoms with Gasteiger partial charge in [0.05, 0.1) is 21.9 Å². The molecule has 6 nitrogen and oxygen atoms in total. The van der Waals surface area contributed by atoms with Gasteiger partial charge in [-0.1, -0.05) is 12.1 Å². The van der Waals surface area contributed by atoms with E-state index in [-0.39, 0.29) is 4.90 Å². The molecule has 0 atom stereocenters. The molecule has 2 aromatic heterocycles. The summed E-state index contributed by atoms with van der Waals surface area (Å²) in [7, 11) is -3.67. The molecule has 0 bridgehead atoms. The van der Waals surface area contributed by atoms with Crippen molar-refractivity contribution in [3.05, 3.63) is 45.5 Å². The van der Waals surface area contributed by atoms with Crippen molar-refractivity contribution in [1.29, 1.82) is 0 Å². The molecule has 0 saturated heterocycles. The van der Waals surface area contributed by atoms with Gasteiger partial charge in [-0.2, -0.15) is 0 Å². The zero-order valence-electron chi connectivity index (χ0n) is 11.6. The van der Waals surface area contributed by atoms with Crippen molar-refractivity contribution < 1.29 is 8.42 Å². The highest BCUT2D eigenvalue weighted by atomic mass is 32.2. The third-order valence-corrected chi connectivity index (χ3v) is 5.83. The molecule has 2 heterocycles. The van der Waals surface area contributed by atoms with E-state index in [0.717, 1.165) is 26.1 Å². The van der Waals surface area contributed by atoms with Gasteiger partial charge in [0.1, 0.15) is 15.5 Å². The number of hydrogen-bond acceptors (Lipinski definition) is 7. The van der Waals surface area contributed by atoms with Gasteiger partial charge in [-0.25, -0.2) is 18.5 Å². The second-order valence-electron chi connectivity index (χ2n) is 4.60. The Morgan fingerprint density at radius 1 is 1.18 bits per heavy atom. The lowest BCUT2D eigenvalue weighted by Crippen LogP contribution is -2.11. The highest BCUT2D eigenvalue weighted by Gasteiger charge is 2.13. The number of nitrogens with two attached hydrogens (primary N) is 1. The zero-order valence-corrected chi connectivity index (χ0v) is 14.0. The predicted molar refractivity (Wildman–Crippen MR) is 86.4 cm³/mol. The highest BCUT2D eigenvalue weighted by Crippen LogP contribution is 2.31. The lowest BCUT2D eigenvalue weighted by atomic mass is 10.2. The molecule has 0 saturated carbocycles. The van der Waals surface area contributed by atoms with Gasteiger partial charge < -0.3 is 0 Å². The first-order valence-electron chi connectivity index (χ1n) is 6.28. The van der Waals surface area contributed by atoms with Crippen LogP contribution in [0.15, 0.2) is 34.7 Å². The fourth-order valence-corrected chi connectivity index (χ4v) is 4.21. The minimum atomic E-state index is -3.67. The van der Waals surface area contributed by atoms with Crippen molar-refractivity contribution in [3.63, 3.8) is 0 Å². The summed E-state index contributed by atoms with van der Waals surface area (Å²) in [6.45, 7) is 1.93. The Morgan fingerprint density at radius 2 is 1.91 bits per heavy atom. The van der Waals surface area contributed by atoms with E-state index in [4.69, 9.17) is 5.14 Å². The van der Waals surface area contributed by atoms with Gasteiger partial charge in [-0.15, -0.1) is 32.9 Å². The molecular weight excluding hydrogens is 340 g/mol. The Kier molecular flexibility index (Phi) is 4.04. The summed E-state index contributed by atoms with van der Waals surface area (Å²) < 4.78 is 22.6. The first-order chi connectivity index (χ1) is 10.4. The quantitative estimate of drug-likeness (QED) is 0.776. The number of benzene rings is 1. The Labute approximate surface area is 135 Å². The summed E-state index contributed by atoms with van der Waals surface area (Å²) in [5, 5.41) is 14.8. The average Bonchev–Trinajstić information content (AvgIpc) is 3.08. The molecular formula is C13H12N4O2S3. The molecule has 1 aromatic carbocycles. The molecule has 114 valence electrons. The van der Waals surface area contributed by atoms with Crippen molar-refractivity contribution in [2.24, 2.45) is 5.14 Å². The summed E-state index contributed by atoms with van der Waals surface area (Å²) in [5.41, 5.74) is 3.53. The molecule has 0 aliphatic rings. The van der Waals surface area contributed by atoms with E-state index in [2.05, 4.69) is 15.2 Å². The van der Waals surface area contributed by atoms with Gasteiger partial charge in [0, 0.05) is 0 Å². The van der Waals surface area contributed by atoms with E-state index in [1.165, 1.54) is 23.5 Å². The molecule has 3 aromatic rings. The second kappa shape index (κ2) is 5.84. The number of hydrogen-bond donors (Lipinski definition) is 1. The monoisotopic (exact) mass is 352 g/mol. The Balaban J connectivity index is 1.90. The average molecular weight is 352 g/mol. The third-order valence-electron chi connectivity index (χ3n) is 2.99. The van der Waals surface area contributed by atoms with Crippen molar-refractivity contribution >= 4 is 32.7 Å². The van der Waals surface area contributed by atoms with Crippen LogP contribution in [-0.4, -0.2) is 23.6 Å². The van der Waals surface area contributed by atoms with E-state index in [0.29, 0.717) is 6.42 Å². The molecule has 2 N–H and O–H groups in total. The normalized spacial score (nSPS) is 11.7. The van der Waals surface area contributed by atoms with Crippen LogP contribution in [0, 0.1) is 6.92 Å². The number of aryl methyl sites for hydroxylation is 1. The van der Waals surface area contributed by atoms with Crippen LogP contribution >= 0.6 is 22.7 Å². The number of primary sulfonamides is 1. The molecule has 0 aliphatic carbocycles. The molecule has 22 heavy (non-hydrogen) atoms. The maximum absolute atomic E-state index is 11.3. The van der Waals surface area contributed by atoms with Crippen LogP contribution in [0.3, 0.4) is 0 Å². The number of nitrogens with zero attached hydrogens (tertiary/aromatic N) is 3. The number of rotatable bonds is 4. The molecule has 3 rings (SSSR count).